The van der Waals surface area contributed by atoms with Crippen molar-refractivity contribution in [1.82, 2.24) is 10.3 Å². The van der Waals surface area contributed by atoms with Gasteiger partial charge in [-0.05, 0) is 31.5 Å². The quantitative estimate of drug-likeness (QED) is 0.835. The Morgan fingerprint density at radius 3 is 2.19 bits per heavy atom. The molecule has 2 aromatic carbocycles. The van der Waals surface area contributed by atoms with Crippen molar-refractivity contribution in [3.8, 4) is 0 Å². The summed E-state index contributed by atoms with van der Waals surface area (Å²) in [5.41, 5.74) is 5.39. The molecule has 2 rings (SSSR count). The van der Waals surface area contributed by atoms with Gasteiger partial charge in [0.15, 0.2) is 0 Å². The third-order valence-corrected chi connectivity index (χ3v) is 4.29. The summed E-state index contributed by atoms with van der Waals surface area (Å²) in [6, 6.07) is 16.2. The minimum atomic E-state index is -3.59. The van der Waals surface area contributed by atoms with Gasteiger partial charge in [0.25, 0.3) is 10.0 Å². The van der Waals surface area contributed by atoms with E-state index in [-0.39, 0.29) is 4.90 Å². The van der Waals surface area contributed by atoms with Gasteiger partial charge in [0.2, 0.25) is 0 Å². The molecular weight excluding hydrogens is 284 g/mol. The first-order chi connectivity index (χ1) is 10.0. The van der Waals surface area contributed by atoms with Crippen LogP contribution in [0.2, 0.25) is 0 Å². The van der Waals surface area contributed by atoms with E-state index in [2.05, 4.69) is 10.3 Å². The van der Waals surface area contributed by atoms with E-state index in [9.17, 15) is 8.42 Å². The fraction of sp³-hybridized carbons (Fsp3) is 0.125. The Hall–Kier alpha value is -2.11. The second kappa shape index (κ2) is 6.56. The van der Waals surface area contributed by atoms with E-state index in [1.54, 1.807) is 24.3 Å². The molecule has 21 heavy (non-hydrogen) atoms. The number of hydrogen-bond acceptors (Lipinski definition) is 3. The zero-order chi connectivity index (χ0) is 15.3. The summed E-state index contributed by atoms with van der Waals surface area (Å²) in [6.07, 6.45) is 1.81. The lowest BCUT2D eigenvalue weighted by Gasteiger charge is -2.13. The van der Waals surface area contributed by atoms with Gasteiger partial charge >= 0.3 is 0 Å². The zero-order valence-electron chi connectivity index (χ0n) is 12.0. The van der Waals surface area contributed by atoms with Gasteiger partial charge in [-0.2, -0.15) is 0 Å². The van der Waals surface area contributed by atoms with Gasteiger partial charge in [-0.25, -0.2) is 8.42 Å². The van der Waals surface area contributed by atoms with Gasteiger partial charge in [-0.3, -0.25) is 0 Å². The van der Waals surface area contributed by atoms with Crippen LogP contribution in [0.3, 0.4) is 0 Å². The van der Waals surface area contributed by atoms with Crippen molar-refractivity contribution in [2.45, 2.75) is 18.7 Å². The smallest absolute Gasteiger partial charge is 0.257 e. The van der Waals surface area contributed by atoms with Crippen LogP contribution >= 0.6 is 0 Å². The lowest BCUT2D eigenvalue weighted by Crippen LogP contribution is -2.36. The monoisotopic (exact) mass is 302 g/mol. The molecule has 0 aliphatic rings. The Balaban J connectivity index is 2.13. The van der Waals surface area contributed by atoms with E-state index in [0.717, 1.165) is 11.1 Å². The van der Waals surface area contributed by atoms with Crippen LogP contribution in [0, 0.1) is 6.92 Å². The molecule has 5 heteroatoms. The summed E-state index contributed by atoms with van der Waals surface area (Å²) in [6.45, 7) is 3.75. The average Bonchev–Trinajstić information content (AvgIpc) is 2.49. The first kappa shape index (κ1) is 15.3. The molecule has 0 heterocycles. The Labute approximate surface area is 125 Å². The molecule has 0 aliphatic heterocycles. The van der Waals surface area contributed by atoms with Gasteiger partial charge in [0.1, 0.15) is 0 Å². The molecule has 2 N–H and O–H groups in total. The Kier molecular flexibility index (Phi) is 4.77. The molecule has 110 valence electrons. The average molecular weight is 302 g/mol. The zero-order valence-corrected chi connectivity index (χ0v) is 12.8. The van der Waals surface area contributed by atoms with Crippen LogP contribution in [0.25, 0.3) is 5.70 Å². The molecular formula is C16H18N2O2S. The lowest BCUT2D eigenvalue weighted by atomic mass is 10.1. The predicted octanol–water partition coefficient (Wildman–Crippen LogP) is 2.84. The number of hydrazine groups is 1. The van der Waals surface area contributed by atoms with Crippen LogP contribution in [0.4, 0.5) is 0 Å². The predicted molar refractivity (Wildman–Crippen MR) is 84.7 cm³/mol. The molecule has 0 saturated carbocycles. The molecule has 0 aliphatic carbocycles. The number of sulfonamides is 1. The highest BCUT2D eigenvalue weighted by molar-refractivity contribution is 7.89. The molecule has 0 unspecified atom stereocenters. The highest BCUT2D eigenvalue weighted by Gasteiger charge is 2.13. The Bertz CT molecular complexity index is 721. The van der Waals surface area contributed by atoms with E-state index in [1.165, 1.54) is 0 Å². The molecule has 4 nitrogen and oxygen atoms in total. The van der Waals surface area contributed by atoms with Gasteiger partial charge in [-0.1, -0.05) is 54.1 Å². The number of allylic oxidation sites excluding steroid dienone is 1. The number of hydrogen-bond donors (Lipinski definition) is 2. The van der Waals surface area contributed by atoms with Gasteiger partial charge in [-0.15, -0.1) is 4.83 Å². The lowest BCUT2D eigenvalue weighted by molar-refractivity contribution is 0.576. The molecule has 0 atom stereocenters. The van der Waals surface area contributed by atoms with Crippen molar-refractivity contribution in [3.05, 3.63) is 71.8 Å². The van der Waals surface area contributed by atoms with E-state index in [4.69, 9.17) is 0 Å². The van der Waals surface area contributed by atoms with Crippen LogP contribution in [0.5, 0.6) is 0 Å². The van der Waals surface area contributed by atoms with E-state index >= 15 is 0 Å². The normalized spacial score (nSPS) is 12.2. The van der Waals surface area contributed by atoms with Crippen molar-refractivity contribution in [3.63, 3.8) is 0 Å². The van der Waals surface area contributed by atoms with E-state index in [1.807, 2.05) is 50.3 Å². The van der Waals surface area contributed by atoms with Crippen LogP contribution in [0.1, 0.15) is 18.1 Å². The molecule has 0 saturated heterocycles. The number of rotatable bonds is 5. The van der Waals surface area contributed by atoms with Gasteiger partial charge < -0.3 is 5.43 Å². The maximum atomic E-state index is 12.2. The number of benzene rings is 2. The molecule has 0 fully saturated rings. The fourth-order valence-electron chi connectivity index (χ4n) is 1.83. The Morgan fingerprint density at radius 1 is 1.00 bits per heavy atom. The maximum Gasteiger partial charge on any atom is 0.257 e. The fourth-order valence-corrected chi connectivity index (χ4v) is 2.68. The van der Waals surface area contributed by atoms with Crippen LogP contribution in [0.15, 0.2) is 65.6 Å². The van der Waals surface area contributed by atoms with Crippen LogP contribution in [-0.4, -0.2) is 8.42 Å². The largest absolute Gasteiger partial charge is 0.308 e. The first-order valence-electron chi connectivity index (χ1n) is 6.59. The van der Waals surface area contributed by atoms with E-state index in [0.29, 0.717) is 5.70 Å². The number of aryl methyl sites for hydroxylation is 1. The number of nitrogens with one attached hydrogen (secondary N) is 2. The highest BCUT2D eigenvalue weighted by Crippen LogP contribution is 2.12. The van der Waals surface area contributed by atoms with Crippen LogP contribution in [-0.2, 0) is 10.0 Å². The van der Waals surface area contributed by atoms with Crippen molar-refractivity contribution in [2.24, 2.45) is 0 Å². The second-order valence-corrected chi connectivity index (χ2v) is 6.29. The Morgan fingerprint density at radius 2 is 1.62 bits per heavy atom. The first-order valence-corrected chi connectivity index (χ1v) is 8.07. The summed E-state index contributed by atoms with van der Waals surface area (Å²) in [7, 11) is -3.59. The molecule has 0 bridgehead atoms. The topological polar surface area (TPSA) is 58.2 Å². The molecule has 0 radical (unpaired) electrons. The van der Waals surface area contributed by atoms with Crippen molar-refractivity contribution in [1.29, 1.82) is 0 Å². The summed E-state index contributed by atoms with van der Waals surface area (Å²) < 4.78 is 24.4. The summed E-state index contributed by atoms with van der Waals surface area (Å²) in [5, 5.41) is 0. The minimum absolute atomic E-state index is 0.226. The van der Waals surface area contributed by atoms with Crippen molar-refractivity contribution < 1.29 is 8.42 Å². The SMILES string of the molecule is C/C=C(/NNS(=O)(=O)c1ccc(C)cc1)c1ccccc1. The van der Waals surface area contributed by atoms with Gasteiger partial charge in [0, 0.05) is 0 Å². The van der Waals surface area contributed by atoms with Crippen molar-refractivity contribution in [2.75, 3.05) is 0 Å². The van der Waals surface area contributed by atoms with E-state index < -0.39 is 10.0 Å². The van der Waals surface area contributed by atoms with Gasteiger partial charge in [0.05, 0.1) is 10.6 Å². The summed E-state index contributed by atoms with van der Waals surface area (Å²) >= 11 is 0. The van der Waals surface area contributed by atoms with Crippen molar-refractivity contribution >= 4 is 15.7 Å². The molecule has 0 aromatic heterocycles. The summed E-state index contributed by atoms with van der Waals surface area (Å²) in [5.74, 6) is 0. The third-order valence-electron chi connectivity index (χ3n) is 3.02. The third kappa shape index (κ3) is 3.93. The molecule has 2 aromatic rings. The minimum Gasteiger partial charge on any atom is -0.308 e. The standard InChI is InChI=1S/C16H18N2O2S/c1-3-16(14-7-5-4-6-8-14)17-18-21(19,20)15-11-9-13(2)10-12-15/h3-12,17-18H,1-2H3/b16-3+. The molecule has 0 spiro atoms. The second-order valence-electron chi connectivity index (χ2n) is 4.61. The highest BCUT2D eigenvalue weighted by atomic mass is 32.2. The molecule has 0 amide bonds. The van der Waals surface area contributed by atoms with Crippen LogP contribution < -0.4 is 10.3 Å². The summed E-state index contributed by atoms with van der Waals surface area (Å²) in [4.78, 5) is 2.62. The maximum absolute atomic E-state index is 12.2.